The molecule has 2 nitrogen and oxygen atoms in total. The fourth-order valence-electron chi connectivity index (χ4n) is 2.26. The highest BCUT2D eigenvalue weighted by molar-refractivity contribution is 9.10. The lowest BCUT2D eigenvalue weighted by atomic mass is 10.2. The van der Waals surface area contributed by atoms with Gasteiger partial charge in [-0.15, -0.1) is 0 Å². The van der Waals surface area contributed by atoms with Gasteiger partial charge in [-0.25, -0.2) is 0 Å². The third-order valence-electron chi connectivity index (χ3n) is 3.09. The van der Waals surface area contributed by atoms with Crippen molar-refractivity contribution in [2.45, 2.75) is 18.6 Å². The topological polar surface area (TPSA) is 15.3 Å². The number of halogens is 1. The van der Waals surface area contributed by atoms with Crippen LogP contribution in [0.3, 0.4) is 0 Å². The zero-order valence-corrected chi connectivity index (χ0v) is 13.5. The van der Waals surface area contributed by atoms with Gasteiger partial charge in [0.25, 0.3) is 0 Å². The lowest BCUT2D eigenvalue weighted by Crippen LogP contribution is -2.44. The summed E-state index contributed by atoms with van der Waals surface area (Å²) in [5.74, 6) is 1.25. The van der Waals surface area contributed by atoms with E-state index in [2.05, 4.69) is 76.0 Å². The Hall–Kier alpha value is -0.190. The average Bonchev–Trinajstić information content (AvgIpc) is 2.28. The Kier molecular flexibility index (Phi) is 4.98. The molecule has 0 unspecified atom stereocenters. The Morgan fingerprint density at radius 1 is 1.44 bits per heavy atom. The van der Waals surface area contributed by atoms with E-state index in [1.165, 1.54) is 24.5 Å². The van der Waals surface area contributed by atoms with Gasteiger partial charge in [-0.05, 0) is 32.0 Å². The second-order valence-corrected chi connectivity index (χ2v) is 8.04. The van der Waals surface area contributed by atoms with Gasteiger partial charge in [-0.2, -0.15) is 11.8 Å². The minimum absolute atomic E-state index is 0.411. The normalized spacial score (nSPS) is 19.7. The van der Waals surface area contributed by atoms with Crippen LogP contribution in [0.5, 0.6) is 0 Å². The molecule has 0 aromatic heterocycles. The maximum atomic E-state index is 3.49. The molecule has 2 rings (SSSR count). The van der Waals surface area contributed by atoms with E-state index in [0.29, 0.717) is 4.75 Å². The quantitative estimate of drug-likeness (QED) is 0.907. The molecule has 1 aliphatic rings. The third kappa shape index (κ3) is 4.48. The van der Waals surface area contributed by atoms with Gasteiger partial charge in [0.05, 0.1) is 0 Å². The maximum absolute atomic E-state index is 3.49. The van der Waals surface area contributed by atoms with Gasteiger partial charge in [0.15, 0.2) is 0 Å². The molecule has 18 heavy (non-hydrogen) atoms. The van der Waals surface area contributed by atoms with Crippen molar-refractivity contribution >= 4 is 33.4 Å². The Balaban J connectivity index is 1.75. The molecule has 1 heterocycles. The maximum Gasteiger partial charge on any atom is 0.0351 e. The Morgan fingerprint density at radius 2 is 2.28 bits per heavy atom. The van der Waals surface area contributed by atoms with Crippen LogP contribution in [-0.4, -0.2) is 41.6 Å². The van der Waals surface area contributed by atoms with Crippen molar-refractivity contribution in [1.82, 2.24) is 4.90 Å². The van der Waals surface area contributed by atoms with Gasteiger partial charge in [-0.1, -0.05) is 22.0 Å². The summed E-state index contributed by atoms with van der Waals surface area (Å²) in [5.41, 5.74) is 1.19. The molecule has 0 spiro atoms. The molecule has 1 fully saturated rings. The van der Waals surface area contributed by atoms with Gasteiger partial charge in [0.2, 0.25) is 0 Å². The second kappa shape index (κ2) is 6.31. The molecule has 0 aliphatic carbocycles. The predicted octanol–water partition coefficient (Wildman–Crippen LogP) is 3.69. The first kappa shape index (κ1) is 14.2. The molecule has 0 atom stereocenters. The van der Waals surface area contributed by atoms with E-state index in [-0.39, 0.29) is 0 Å². The first-order chi connectivity index (χ1) is 8.55. The fourth-order valence-corrected chi connectivity index (χ4v) is 3.84. The molecule has 100 valence electrons. The van der Waals surface area contributed by atoms with Crippen LogP contribution in [0, 0.1) is 0 Å². The van der Waals surface area contributed by atoms with Crippen molar-refractivity contribution in [2.75, 3.05) is 37.2 Å². The zero-order valence-electron chi connectivity index (χ0n) is 11.1. The summed E-state index contributed by atoms with van der Waals surface area (Å²) in [5, 5.41) is 3.48. The molecule has 0 saturated carbocycles. The van der Waals surface area contributed by atoms with Crippen LogP contribution in [0.25, 0.3) is 0 Å². The van der Waals surface area contributed by atoms with Gasteiger partial charge in [-0.3, -0.25) is 4.90 Å². The van der Waals surface area contributed by atoms with E-state index in [4.69, 9.17) is 0 Å². The molecular formula is C14H21BrN2S. The predicted molar refractivity (Wildman–Crippen MR) is 85.6 cm³/mol. The molecule has 0 amide bonds. The molecule has 0 radical (unpaired) electrons. The smallest absolute Gasteiger partial charge is 0.0351 e. The SMILES string of the molecule is CC1(C)CN(CCNc2cccc(Br)c2)CCS1. The van der Waals surface area contributed by atoms with E-state index in [0.717, 1.165) is 17.6 Å². The number of rotatable bonds is 4. The molecule has 1 aromatic rings. The zero-order chi connectivity index (χ0) is 13.0. The van der Waals surface area contributed by atoms with Crippen molar-refractivity contribution in [3.8, 4) is 0 Å². The van der Waals surface area contributed by atoms with Crippen LogP contribution in [0.4, 0.5) is 5.69 Å². The third-order valence-corrected chi connectivity index (χ3v) is 4.88. The van der Waals surface area contributed by atoms with Crippen LogP contribution in [0.2, 0.25) is 0 Å². The number of hydrogen-bond donors (Lipinski definition) is 1. The minimum Gasteiger partial charge on any atom is -0.384 e. The minimum atomic E-state index is 0.411. The van der Waals surface area contributed by atoms with Gasteiger partial charge >= 0.3 is 0 Å². The van der Waals surface area contributed by atoms with E-state index in [9.17, 15) is 0 Å². The summed E-state index contributed by atoms with van der Waals surface area (Å²) in [6.07, 6.45) is 0. The van der Waals surface area contributed by atoms with Crippen molar-refractivity contribution in [2.24, 2.45) is 0 Å². The van der Waals surface area contributed by atoms with Crippen LogP contribution in [0.15, 0.2) is 28.7 Å². The average molecular weight is 329 g/mol. The molecule has 1 N–H and O–H groups in total. The first-order valence-corrected chi connectivity index (χ1v) is 8.19. The van der Waals surface area contributed by atoms with Crippen molar-refractivity contribution < 1.29 is 0 Å². The fraction of sp³-hybridized carbons (Fsp3) is 0.571. The van der Waals surface area contributed by atoms with E-state index < -0.39 is 0 Å². The summed E-state index contributed by atoms with van der Waals surface area (Å²) in [7, 11) is 0. The molecule has 0 bridgehead atoms. The van der Waals surface area contributed by atoms with Crippen LogP contribution >= 0.6 is 27.7 Å². The van der Waals surface area contributed by atoms with Crippen LogP contribution in [0.1, 0.15) is 13.8 Å². The number of nitrogens with one attached hydrogen (secondary N) is 1. The summed E-state index contributed by atoms with van der Waals surface area (Å²) < 4.78 is 1.54. The highest BCUT2D eigenvalue weighted by Crippen LogP contribution is 2.29. The first-order valence-electron chi connectivity index (χ1n) is 6.41. The Morgan fingerprint density at radius 3 is 3.00 bits per heavy atom. The largest absolute Gasteiger partial charge is 0.384 e. The number of anilines is 1. The van der Waals surface area contributed by atoms with Gasteiger partial charge in [0, 0.05) is 46.8 Å². The van der Waals surface area contributed by atoms with Crippen LogP contribution in [-0.2, 0) is 0 Å². The van der Waals surface area contributed by atoms with Crippen molar-refractivity contribution in [3.05, 3.63) is 28.7 Å². The van der Waals surface area contributed by atoms with Crippen LogP contribution < -0.4 is 5.32 Å². The standard InChI is InChI=1S/C14H21BrN2S/c1-14(2)11-17(8-9-18-14)7-6-16-13-5-3-4-12(15)10-13/h3-5,10,16H,6-9,11H2,1-2H3. The Bertz CT molecular complexity index is 395. The number of hydrogen-bond acceptors (Lipinski definition) is 3. The summed E-state index contributed by atoms with van der Waals surface area (Å²) in [4.78, 5) is 2.56. The number of nitrogens with zero attached hydrogens (tertiary/aromatic N) is 1. The molecular weight excluding hydrogens is 308 g/mol. The lowest BCUT2D eigenvalue weighted by Gasteiger charge is -2.37. The summed E-state index contributed by atoms with van der Waals surface area (Å²) >= 11 is 5.58. The number of thioether (sulfide) groups is 1. The molecule has 1 saturated heterocycles. The molecule has 1 aromatic carbocycles. The highest BCUT2D eigenvalue weighted by atomic mass is 79.9. The second-order valence-electron chi connectivity index (χ2n) is 5.32. The van der Waals surface area contributed by atoms with E-state index in [1.54, 1.807) is 0 Å². The van der Waals surface area contributed by atoms with E-state index >= 15 is 0 Å². The van der Waals surface area contributed by atoms with Crippen molar-refractivity contribution in [3.63, 3.8) is 0 Å². The lowest BCUT2D eigenvalue weighted by molar-refractivity contribution is 0.270. The van der Waals surface area contributed by atoms with Crippen molar-refractivity contribution in [1.29, 1.82) is 0 Å². The summed E-state index contributed by atoms with van der Waals surface area (Å²) in [6, 6.07) is 8.35. The molecule has 1 aliphatic heterocycles. The van der Waals surface area contributed by atoms with E-state index in [1.807, 2.05) is 0 Å². The van der Waals surface area contributed by atoms with Gasteiger partial charge < -0.3 is 5.32 Å². The molecule has 4 heteroatoms. The number of benzene rings is 1. The monoisotopic (exact) mass is 328 g/mol. The highest BCUT2D eigenvalue weighted by Gasteiger charge is 2.26. The summed E-state index contributed by atoms with van der Waals surface area (Å²) in [6.45, 7) is 9.22. The van der Waals surface area contributed by atoms with Gasteiger partial charge in [0.1, 0.15) is 0 Å². The Labute approximate surface area is 123 Å².